The number of piperazine rings is 1. The molecule has 3 saturated heterocycles. The Hall–Kier alpha value is -2.75. The van der Waals surface area contributed by atoms with Crippen LogP contribution in [0.25, 0.3) is 0 Å². The van der Waals surface area contributed by atoms with E-state index >= 15 is 0 Å². The Morgan fingerprint density at radius 1 is 1.05 bits per heavy atom. The first kappa shape index (κ1) is 25.5. The number of hydrogen-bond donors (Lipinski definition) is 1. The number of aromatic nitrogens is 2. The first-order valence-electron chi connectivity index (χ1n) is 14.2. The van der Waals surface area contributed by atoms with Gasteiger partial charge in [0.1, 0.15) is 0 Å². The average Bonchev–Trinajstić information content (AvgIpc) is 3.58. The summed E-state index contributed by atoms with van der Waals surface area (Å²) in [5.41, 5.74) is 1.91. The molecule has 1 N–H and O–H groups in total. The maximum absolute atomic E-state index is 13.2. The van der Waals surface area contributed by atoms with E-state index in [1.165, 1.54) is 5.56 Å². The number of carbonyl (C=O) groups excluding carboxylic acids is 1. The number of amides is 2. The Balaban J connectivity index is 1.15. The van der Waals surface area contributed by atoms with E-state index in [9.17, 15) is 4.79 Å². The van der Waals surface area contributed by atoms with Crippen LogP contribution in [0, 0.1) is 5.92 Å². The summed E-state index contributed by atoms with van der Waals surface area (Å²) in [6.45, 7) is 7.31. The lowest BCUT2D eigenvalue weighted by Crippen LogP contribution is -2.55. The van der Waals surface area contributed by atoms with Crippen molar-refractivity contribution in [1.29, 1.82) is 0 Å². The van der Waals surface area contributed by atoms with E-state index in [1.54, 1.807) is 0 Å². The average molecular weight is 520 g/mol. The van der Waals surface area contributed by atoms with Gasteiger partial charge in [0.15, 0.2) is 0 Å². The summed E-state index contributed by atoms with van der Waals surface area (Å²) in [6.07, 6.45) is 8.66. The van der Waals surface area contributed by atoms with Crippen molar-refractivity contribution >= 4 is 17.7 Å². The highest BCUT2D eigenvalue weighted by Gasteiger charge is 2.51. The Kier molecular flexibility index (Phi) is 7.01. The third-order valence-corrected chi connectivity index (χ3v) is 9.43. The Morgan fingerprint density at radius 2 is 1.76 bits per heavy atom. The van der Waals surface area contributed by atoms with Gasteiger partial charge in [0.05, 0.1) is 36.8 Å². The van der Waals surface area contributed by atoms with Crippen molar-refractivity contribution in [3.8, 4) is 0 Å². The van der Waals surface area contributed by atoms with Crippen molar-refractivity contribution in [3.63, 3.8) is 0 Å². The van der Waals surface area contributed by atoms with Crippen molar-refractivity contribution in [2.24, 2.45) is 5.92 Å². The normalized spacial score (nSPS) is 30.4. The van der Waals surface area contributed by atoms with E-state index in [1.807, 2.05) is 17.3 Å². The zero-order valence-electron chi connectivity index (χ0n) is 22.8. The molecule has 9 nitrogen and oxygen atoms in total. The zero-order valence-corrected chi connectivity index (χ0v) is 22.8. The van der Waals surface area contributed by atoms with Crippen molar-refractivity contribution in [2.75, 3.05) is 76.4 Å². The van der Waals surface area contributed by atoms with Crippen LogP contribution < -0.4 is 15.1 Å². The monoisotopic (exact) mass is 519 g/mol. The zero-order chi connectivity index (χ0) is 26.2. The van der Waals surface area contributed by atoms with Crippen molar-refractivity contribution in [3.05, 3.63) is 48.3 Å². The van der Waals surface area contributed by atoms with Gasteiger partial charge in [0.25, 0.3) is 0 Å². The number of hydrogen-bond acceptors (Lipinski definition) is 7. The van der Waals surface area contributed by atoms with Gasteiger partial charge in [-0.25, -0.2) is 14.8 Å². The van der Waals surface area contributed by atoms with Crippen molar-refractivity contribution in [2.45, 2.75) is 43.2 Å². The summed E-state index contributed by atoms with van der Waals surface area (Å²) in [7, 11) is 4.42. The second-order valence-corrected chi connectivity index (χ2v) is 11.8. The maximum atomic E-state index is 13.2. The lowest BCUT2D eigenvalue weighted by molar-refractivity contribution is 0.0323. The smallest absolute Gasteiger partial charge is 0.322 e. The van der Waals surface area contributed by atoms with E-state index in [0.29, 0.717) is 12.5 Å². The molecule has 1 unspecified atom stereocenters. The topological polar surface area (TPSA) is 77.1 Å². The number of carbonyl (C=O) groups is 1. The van der Waals surface area contributed by atoms with Gasteiger partial charge in [-0.05, 0) is 57.7 Å². The third kappa shape index (κ3) is 4.87. The van der Waals surface area contributed by atoms with Gasteiger partial charge in [-0.3, -0.25) is 9.80 Å². The summed E-state index contributed by atoms with van der Waals surface area (Å²) in [4.78, 5) is 31.4. The number of rotatable bonds is 6. The fourth-order valence-corrected chi connectivity index (χ4v) is 6.89. The fourth-order valence-electron chi connectivity index (χ4n) is 6.89. The lowest BCUT2D eigenvalue weighted by atomic mass is 9.68. The van der Waals surface area contributed by atoms with Crippen molar-refractivity contribution < 1.29 is 9.53 Å². The predicted molar refractivity (Wildman–Crippen MR) is 148 cm³/mol. The van der Waals surface area contributed by atoms with Crippen LogP contribution in [0.5, 0.6) is 0 Å². The van der Waals surface area contributed by atoms with E-state index in [2.05, 4.69) is 74.4 Å². The first-order chi connectivity index (χ1) is 18.5. The molecule has 0 radical (unpaired) electrons. The minimum Gasteiger partial charge on any atom is -0.381 e. The largest absolute Gasteiger partial charge is 0.381 e. The Morgan fingerprint density at radius 3 is 2.42 bits per heavy atom. The molecule has 1 aliphatic carbocycles. The van der Waals surface area contributed by atoms with Gasteiger partial charge in [-0.2, -0.15) is 0 Å². The number of urea groups is 1. The molecule has 9 heteroatoms. The first-order valence-corrected chi connectivity index (χ1v) is 14.2. The Bertz CT molecular complexity index is 1090. The molecule has 1 aromatic heterocycles. The number of anilines is 2. The van der Waals surface area contributed by atoms with Gasteiger partial charge in [-0.1, -0.05) is 30.3 Å². The predicted octanol–water partition coefficient (Wildman–Crippen LogP) is 2.93. The van der Waals surface area contributed by atoms with Gasteiger partial charge in [0, 0.05) is 44.9 Å². The minimum atomic E-state index is -0.219. The molecular weight excluding hydrogens is 478 g/mol. The number of ether oxygens (including phenoxy) is 1. The molecule has 1 atom stereocenters. The molecular formula is C29H41N7O2. The molecule has 3 aliphatic heterocycles. The molecule has 0 bridgehead atoms. The van der Waals surface area contributed by atoms with E-state index < -0.39 is 0 Å². The summed E-state index contributed by atoms with van der Waals surface area (Å²) < 4.78 is 5.68. The molecule has 1 spiro atoms. The van der Waals surface area contributed by atoms with Gasteiger partial charge in [-0.15, -0.1) is 0 Å². The van der Waals surface area contributed by atoms with E-state index in [0.717, 1.165) is 89.7 Å². The van der Waals surface area contributed by atoms with Gasteiger partial charge < -0.3 is 19.9 Å². The summed E-state index contributed by atoms with van der Waals surface area (Å²) in [5.74, 6) is 1.34. The molecule has 204 valence electrons. The molecule has 4 heterocycles. The molecule has 38 heavy (non-hydrogen) atoms. The number of benzene rings is 1. The highest BCUT2D eigenvalue weighted by molar-refractivity contribution is 5.95. The van der Waals surface area contributed by atoms with Crippen LogP contribution >= 0.6 is 0 Å². The second-order valence-electron chi connectivity index (χ2n) is 11.8. The Labute approximate surface area is 226 Å². The SMILES string of the molecule is CN1CCN(c2ncc(N3C[C@]4(CC[C@@](c5ccccc5)(N(C)CC5CCOC5)CC4)NC3=O)cn2)CC1. The molecule has 4 aliphatic rings. The van der Waals surface area contributed by atoms with E-state index in [4.69, 9.17) is 4.74 Å². The van der Waals surface area contributed by atoms with E-state index in [-0.39, 0.29) is 17.1 Å². The van der Waals surface area contributed by atoms with Gasteiger partial charge in [0.2, 0.25) is 5.95 Å². The third-order valence-electron chi connectivity index (χ3n) is 9.43. The number of likely N-dealkylation sites (N-methyl/N-ethyl adjacent to an activating group) is 1. The molecule has 6 rings (SSSR count). The van der Waals surface area contributed by atoms with Crippen LogP contribution in [-0.2, 0) is 10.3 Å². The molecule has 2 aromatic rings. The molecule has 1 aromatic carbocycles. The van der Waals surface area contributed by atoms with Crippen LogP contribution in [0.3, 0.4) is 0 Å². The molecule has 2 amide bonds. The highest BCUT2D eigenvalue weighted by atomic mass is 16.5. The lowest BCUT2D eigenvalue weighted by Gasteiger charge is -2.50. The van der Waals surface area contributed by atoms with Crippen LogP contribution in [0.2, 0.25) is 0 Å². The van der Waals surface area contributed by atoms with Crippen LogP contribution in [0.1, 0.15) is 37.7 Å². The summed E-state index contributed by atoms with van der Waals surface area (Å²) in [5, 5.41) is 3.38. The summed E-state index contributed by atoms with van der Waals surface area (Å²) >= 11 is 0. The fraction of sp³-hybridized carbons (Fsp3) is 0.621. The van der Waals surface area contributed by atoms with Crippen LogP contribution in [0.15, 0.2) is 42.7 Å². The van der Waals surface area contributed by atoms with Crippen LogP contribution in [-0.4, -0.2) is 97.9 Å². The quantitative estimate of drug-likeness (QED) is 0.629. The number of nitrogens with one attached hydrogen (secondary N) is 1. The second kappa shape index (κ2) is 10.4. The van der Waals surface area contributed by atoms with Gasteiger partial charge >= 0.3 is 6.03 Å². The standard InChI is InChI=1S/C29H41N7O2/c1-33-13-15-35(16-14-33)26-30-18-25(19-31-26)36-22-28(32-27(36)37)9-11-29(12-10-28,24-6-4-3-5-7-24)34(2)20-23-8-17-38-21-23/h3-7,18-19,23H,8-17,20-22H2,1-2H3,(H,32,37)/t23?,28-,29-. The van der Waals surface area contributed by atoms with Crippen LogP contribution in [0.4, 0.5) is 16.4 Å². The number of nitrogens with zero attached hydrogens (tertiary/aromatic N) is 6. The minimum absolute atomic E-state index is 0.0273. The summed E-state index contributed by atoms with van der Waals surface area (Å²) in [6, 6.07) is 10.9. The maximum Gasteiger partial charge on any atom is 0.322 e. The molecule has 1 saturated carbocycles. The molecule has 4 fully saturated rings. The van der Waals surface area contributed by atoms with Crippen molar-refractivity contribution in [1.82, 2.24) is 25.1 Å². The highest BCUT2D eigenvalue weighted by Crippen LogP contribution is 2.47.